The highest BCUT2D eigenvalue weighted by Gasteiger charge is 2.68. The fraction of sp³-hybridized carbons (Fsp3) is 0.529. The Morgan fingerprint density at radius 3 is 2.10 bits per heavy atom. The number of fused-ring (bicyclic) bond motifs is 1. The molecular formula is C17H22O4. The Morgan fingerprint density at radius 2 is 1.52 bits per heavy atom. The minimum Gasteiger partial charge on any atom is -0.459 e. The Bertz CT molecular complexity index is 596. The molecule has 0 heterocycles. The van der Waals surface area contributed by atoms with Crippen LogP contribution in [0.3, 0.4) is 0 Å². The highest BCUT2D eigenvalue weighted by Crippen LogP contribution is 2.74. The van der Waals surface area contributed by atoms with E-state index >= 15 is 0 Å². The van der Waals surface area contributed by atoms with Crippen molar-refractivity contribution in [3.63, 3.8) is 0 Å². The molecule has 0 aliphatic heterocycles. The third-order valence-corrected chi connectivity index (χ3v) is 5.62. The zero-order chi connectivity index (χ0) is 16.0. The maximum absolute atomic E-state index is 12.3. The van der Waals surface area contributed by atoms with Gasteiger partial charge in [0.05, 0.1) is 0 Å². The van der Waals surface area contributed by atoms with Crippen LogP contribution in [-0.4, -0.2) is 25.2 Å². The molecule has 0 N–H and O–H groups in total. The van der Waals surface area contributed by atoms with Crippen LogP contribution in [0.2, 0.25) is 0 Å². The summed E-state index contributed by atoms with van der Waals surface area (Å²) in [6.45, 7) is 13.9. The molecule has 4 heteroatoms. The summed E-state index contributed by atoms with van der Waals surface area (Å²) in [4.78, 5) is 23.2. The van der Waals surface area contributed by atoms with Crippen molar-refractivity contribution in [3.8, 4) is 0 Å². The summed E-state index contributed by atoms with van der Waals surface area (Å²) < 4.78 is 10.0. The van der Waals surface area contributed by atoms with Gasteiger partial charge in [-0.05, 0) is 20.8 Å². The molecule has 0 aromatic heterocycles. The Labute approximate surface area is 125 Å². The predicted molar refractivity (Wildman–Crippen MR) is 79.4 cm³/mol. The maximum Gasteiger partial charge on any atom is 0.335 e. The number of carbonyl (C=O) groups is 2. The summed E-state index contributed by atoms with van der Waals surface area (Å²) in [5, 5.41) is 0. The molecule has 0 aromatic carbocycles. The summed E-state index contributed by atoms with van der Waals surface area (Å²) in [5.74, 6) is -0.827. The smallest absolute Gasteiger partial charge is 0.335 e. The van der Waals surface area contributed by atoms with Gasteiger partial charge in [0, 0.05) is 22.5 Å². The molecule has 2 unspecified atom stereocenters. The first-order chi connectivity index (χ1) is 9.72. The number of hydrogen-bond donors (Lipinski definition) is 0. The first-order valence-electron chi connectivity index (χ1n) is 7.09. The largest absolute Gasteiger partial charge is 0.459 e. The second-order valence-corrected chi connectivity index (χ2v) is 6.01. The maximum atomic E-state index is 12.3. The van der Waals surface area contributed by atoms with Gasteiger partial charge in [-0.15, -0.1) is 0 Å². The second kappa shape index (κ2) is 4.86. The third-order valence-electron chi connectivity index (χ3n) is 5.62. The lowest BCUT2D eigenvalue weighted by Crippen LogP contribution is -2.60. The van der Waals surface area contributed by atoms with Crippen molar-refractivity contribution in [1.82, 2.24) is 0 Å². The van der Waals surface area contributed by atoms with Crippen molar-refractivity contribution < 1.29 is 19.1 Å². The average Bonchev–Trinajstić information content (AvgIpc) is 2.48. The lowest BCUT2D eigenvalue weighted by Gasteiger charge is -2.66. The molecule has 0 saturated carbocycles. The van der Waals surface area contributed by atoms with Crippen molar-refractivity contribution in [2.45, 2.75) is 34.6 Å². The van der Waals surface area contributed by atoms with Crippen LogP contribution >= 0.6 is 0 Å². The van der Waals surface area contributed by atoms with Crippen LogP contribution in [0, 0.1) is 10.8 Å². The van der Waals surface area contributed by atoms with Crippen molar-refractivity contribution >= 4 is 11.9 Å². The van der Waals surface area contributed by atoms with Crippen molar-refractivity contribution in [2.24, 2.45) is 10.8 Å². The first-order valence-corrected chi connectivity index (χ1v) is 7.09. The van der Waals surface area contributed by atoms with Gasteiger partial charge in [0.25, 0.3) is 0 Å². The highest BCUT2D eigenvalue weighted by atomic mass is 16.6. The van der Waals surface area contributed by atoms with Crippen LogP contribution < -0.4 is 0 Å². The average molecular weight is 290 g/mol. The number of rotatable bonds is 5. The van der Waals surface area contributed by atoms with Gasteiger partial charge in [0.1, 0.15) is 13.2 Å². The molecule has 21 heavy (non-hydrogen) atoms. The molecule has 0 amide bonds. The molecule has 2 atom stereocenters. The molecule has 0 fully saturated rings. The molecule has 2 rings (SSSR count). The van der Waals surface area contributed by atoms with Crippen molar-refractivity contribution in [3.05, 3.63) is 34.9 Å². The van der Waals surface area contributed by atoms with E-state index in [0.29, 0.717) is 0 Å². The molecular weight excluding hydrogens is 268 g/mol. The van der Waals surface area contributed by atoms with Gasteiger partial charge < -0.3 is 9.47 Å². The fourth-order valence-corrected chi connectivity index (χ4v) is 3.86. The van der Waals surface area contributed by atoms with Crippen LogP contribution in [0.5, 0.6) is 0 Å². The van der Waals surface area contributed by atoms with Crippen molar-refractivity contribution in [1.29, 1.82) is 0 Å². The minimum absolute atomic E-state index is 0.0132. The quantitative estimate of drug-likeness (QED) is 0.338. The van der Waals surface area contributed by atoms with Crippen LogP contribution in [0.15, 0.2) is 34.9 Å². The summed E-state index contributed by atoms with van der Waals surface area (Å²) in [5.41, 5.74) is 4.21. The zero-order valence-electron chi connectivity index (χ0n) is 13.3. The molecule has 0 saturated heterocycles. The van der Waals surface area contributed by atoms with E-state index in [1.165, 1.54) is 11.1 Å². The molecule has 0 radical (unpaired) electrons. The van der Waals surface area contributed by atoms with Crippen LogP contribution in [0.25, 0.3) is 0 Å². The molecule has 4 nitrogen and oxygen atoms in total. The molecule has 0 aromatic rings. The molecule has 2 aliphatic rings. The second-order valence-electron chi connectivity index (χ2n) is 6.01. The van der Waals surface area contributed by atoms with Gasteiger partial charge in [-0.3, -0.25) is 0 Å². The molecule has 0 bridgehead atoms. The van der Waals surface area contributed by atoms with Gasteiger partial charge >= 0.3 is 11.9 Å². The Kier molecular flexibility index (Phi) is 3.60. The summed E-state index contributed by atoms with van der Waals surface area (Å²) >= 11 is 0. The number of allylic oxidation sites excluding steroid dienone is 3. The highest BCUT2D eigenvalue weighted by molar-refractivity contribution is 5.97. The van der Waals surface area contributed by atoms with Crippen molar-refractivity contribution in [2.75, 3.05) is 13.2 Å². The summed E-state index contributed by atoms with van der Waals surface area (Å²) in [7, 11) is 0. The lowest BCUT2D eigenvalue weighted by molar-refractivity contribution is -0.149. The van der Waals surface area contributed by atoms with E-state index < -0.39 is 5.97 Å². The molecule has 0 spiro atoms. The number of esters is 2. The third kappa shape index (κ3) is 1.74. The predicted octanol–water partition coefficient (Wildman–Crippen LogP) is 2.95. The Balaban J connectivity index is 2.00. The minimum atomic E-state index is -0.516. The normalized spacial score (nSPS) is 30.1. The van der Waals surface area contributed by atoms with Crippen LogP contribution in [0.4, 0.5) is 0 Å². The standard InChI is InChI=1S/C17H22O4/c1-7-13(18)20-8-9-21-15(19)14-12(4)16(5)10(2)11(3)17(14,16)6/h7H,1,8-9H2,2-6H3. The zero-order valence-corrected chi connectivity index (χ0v) is 13.3. The van der Waals surface area contributed by atoms with E-state index in [1.807, 2.05) is 6.92 Å². The van der Waals surface area contributed by atoms with E-state index in [-0.39, 0.29) is 30.0 Å². The van der Waals surface area contributed by atoms with Gasteiger partial charge in [-0.2, -0.15) is 0 Å². The number of carbonyl (C=O) groups excluding carboxylic acids is 2. The molecule has 114 valence electrons. The lowest BCUT2D eigenvalue weighted by atomic mass is 9.36. The fourth-order valence-electron chi connectivity index (χ4n) is 3.86. The van der Waals surface area contributed by atoms with E-state index in [1.54, 1.807) is 0 Å². The Morgan fingerprint density at radius 1 is 1.00 bits per heavy atom. The summed E-state index contributed by atoms with van der Waals surface area (Å²) in [6.07, 6.45) is 1.08. The topological polar surface area (TPSA) is 52.6 Å². The van der Waals surface area contributed by atoms with Gasteiger partial charge in [0.15, 0.2) is 0 Å². The van der Waals surface area contributed by atoms with Gasteiger partial charge in [-0.25, -0.2) is 9.59 Å². The van der Waals surface area contributed by atoms with E-state index in [9.17, 15) is 9.59 Å². The van der Waals surface area contributed by atoms with E-state index in [2.05, 4.69) is 34.3 Å². The SMILES string of the molecule is C=CC(=O)OCCOC(=O)C1=C(C)C2(C)C(C)=C(C)C12C. The van der Waals surface area contributed by atoms with Crippen LogP contribution in [0.1, 0.15) is 34.6 Å². The number of ether oxygens (including phenoxy) is 2. The van der Waals surface area contributed by atoms with Gasteiger partial charge in [0.2, 0.25) is 0 Å². The molecule has 2 aliphatic carbocycles. The Hall–Kier alpha value is -1.84. The number of hydrogen-bond acceptors (Lipinski definition) is 4. The van der Waals surface area contributed by atoms with Crippen LogP contribution in [-0.2, 0) is 19.1 Å². The first kappa shape index (κ1) is 15.5. The monoisotopic (exact) mass is 290 g/mol. The van der Waals surface area contributed by atoms with E-state index in [0.717, 1.165) is 17.2 Å². The summed E-state index contributed by atoms with van der Waals surface area (Å²) in [6, 6.07) is 0. The van der Waals surface area contributed by atoms with Gasteiger partial charge in [-0.1, -0.05) is 37.1 Å². The van der Waals surface area contributed by atoms with E-state index in [4.69, 9.17) is 9.47 Å².